The molecule has 0 bridgehead atoms. The van der Waals surface area contributed by atoms with E-state index in [0.717, 1.165) is 33.4 Å². The van der Waals surface area contributed by atoms with Gasteiger partial charge in [0.15, 0.2) is 11.6 Å². The Morgan fingerprint density at radius 1 is 0.491 bits per heavy atom. The van der Waals surface area contributed by atoms with Gasteiger partial charge in [-0.25, -0.2) is 8.42 Å². The summed E-state index contributed by atoms with van der Waals surface area (Å²) in [5.74, 6) is 0.0972. The second-order valence-electron chi connectivity index (χ2n) is 18.0. The molecule has 0 heterocycles. The number of nitrogens with zero attached hydrogens (tertiary/aromatic N) is 4. The van der Waals surface area contributed by atoms with E-state index in [-0.39, 0.29) is 43.0 Å². The van der Waals surface area contributed by atoms with E-state index in [2.05, 4.69) is 20.5 Å². The number of azo groups is 2. The van der Waals surface area contributed by atoms with Gasteiger partial charge in [0.05, 0.1) is 33.6 Å². The highest BCUT2D eigenvalue weighted by molar-refractivity contribution is 7.91. The highest BCUT2D eigenvalue weighted by Crippen LogP contribution is 2.40. The van der Waals surface area contributed by atoms with Gasteiger partial charge < -0.3 is 0 Å². The van der Waals surface area contributed by atoms with E-state index >= 15 is 0 Å². The van der Waals surface area contributed by atoms with Gasteiger partial charge in [0.2, 0.25) is 9.84 Å². The van der Waals surface area contributed by atoms with Crippen molar-refractivity contribution in [2.24, 2.45) is 42.1 Å². The lowest BCUT2D eigenvalue weighted by molar-refractivity contribution is -0.114. The molecule has 0 N–H and O–H groups in total. The molecule has 2 aromatic rings. The van der Waals surface area contributed by atoms with Gasteiger partial charge in [0, 0.05) is 22.3 Å². The second kappa shape index (κ2) is 14.7. The van der Waals surface area contributed by atoms with Crippen LogP contribution in [0.4, 0.5) is 11.4 Å². The van der Waals surface area contributed by atoms with E-state index in [9.17, 15) is 18.0 Å². The maximum absolute atomic E-state index is 13.8. The number of allylic oxidation sites excluding steroid dienone is 10. The Bertz CT molecular complexity index is 1990. The van der Waals surface area contributed by atoms with Crippen molar-refractivity contribution in [2.45, 2.75) is 107 Å². The molecule has 9 heteroatoms. The molecule has 2 aromatic carbocycles. The van der Waals surface area contributed by atoms with Gasteiger partial charge >= 0.3 is 0 Å². The van der Waals surface area contributed by atoms with Crippen molar-refractivity contribution in [2.75, 3.05) is 0 Å². The average Bonchev–Trinajstić information content (AvgIpc) is 3.00. The van der Waals surface area contributed by atoms with Gasteiger partial charge in [0.25, 0.3) is 0 Å². The number of carbonyl (C=O) groups excluding carboxylic acids is 2. The Morgan fingerprint density at radius 2 is 0.774 bits per heavy atom. The second-order valence-corrected chi connectivity index (χ2v) is 19.9. The number of benzene rings is 2. The summed E-state index contributed by atoms with van der Waals surface area (Å²) in [6, 6.07) is 9.73. The Balaban J connectivity index is 1.58. The van der Waals surface area contributed by atoms with E-state index in [4.69, 9.17) is 0 Å². The molecule has 0 amide bonds. The minimum absolute atomic E-state index is 0.0486. The Kier molecular flexibility index (Phi) is 11.4. The third-order valence-electron chi connectivity index (χ3n) is 9.11. The average molecular weight is 735 g/mol. The van der Waals surface area contributed by atoms with Crippen LogP contribution in [0.25, 0.3) is 0 Å². The fourth-order valence-corrected chi connectivity index (χ4v) is 7.81. The van der Waals surface area contributed by atoms with E-state index in [1.54, 1.807) is 62.6 Å². The summed E-state index contributed by atoms with van der Waals surface area (Å²) in [4.78, 5) is 26.8. The normalized spacial score (nSPS) is 16.6. The van der Waals surface area contributed by atoms with Crippen LogP contribution in [0.2, 0.25) is 0 Å². The van der Waals surface area contributed by atoms with Crippen molar-refractivity contribution in [3.05, 3.63) is 118 Å². The first-order chi connectivity index (χ1) is 24.2. The monoisotopic (exact) mass is 734 g/mol. The van der Waals surface area contributed by atoms with E-state index in [1.807, 2.05) is 107 Å². The van der Waals surface area contributed by atoms with Crippen LogP contribution >= 0.6 is 0 Å². The highest BCUT2D eigenvalue weighted by atomic mass is 32.2. The summed E-state index contributed by atoms with van der Waals surface area (Å²) in [5, 5.41) is 17.3. The molecule has 2 aliphatic carbocycles. The first-order valence-electron chi connectivity index (χ1n) is 17.9. The lowest BCUT2D eigenvalue weighted by Gasteiger charge is -2.31. The van der Waals surface area contributed by atoms with Crippen molar-refractivity contribution in [3.63, 3.8) is 0 Å². The number of hydrogen-bond donors (Lipinski definition) is 0. The maximum atomic E-state index is 13.8. The Labute approximate surface area is 316 Å². The molecule has 0 saturated heterocycles. The van der Waals surface area contributed by atoms with Crippen LogP contribution in [0.3, 0.4) is 0 Å². The number of Topliss-reactive ketones (excluding diaryl/α,β-unsaturated/α-hetero) is 2. The summed E-state index contributed by atoms with van der Waals surface area (Å²) in [6.07, 6.45) is 10.7. The molecule has 0 spiro atoms. The van der Waals surface area contributed by atoms with Crippen LogP contribution in [-0.4, -0.2) is 20.0 Å². The zero-order valence-electron chi connectivity index (χ0n) is 33.8. The van der Waals surface area contributed by atoms with Gasteiger partial charge in [-0.2, -0.15) is 20.5 Å². The highest BCUT2D eigenvalue weighted by Gasteiger charge is 2.35. The summed E-state index contributed by atoms with van der Waals surface area (Å²) < 4.78 is 27.7. The Hall–Kier alpha value is -4.63. The minimum Gasteiger partial charge on any atom is -0.289 e. The third-order valence-corrected chi connectivity index (χ3v) is 11.2. The smallest absolute Gasteiger partial charge is 0.207 e. The van der Waals surface area contributed by atoms with Gasteiger partial charge in [-0.3, -0.25) is 9.59 Å². The molecule has 280 valence electrons. The maximum Gasteiger partial charge on any atom is 0.207 e. The number of ketones is 2. The molecule has 53 heavy (non-hydrogen) atoms. The molecule has 4 rings (SSSR count). The van der Waals surface area contributed by atoms with E-state index in [1.165, 1.54) is 0 Å². The minimum atomic E-state index is -3.86. The third kappa shape index (κ3) is 9.49. The lowest BCUT2D eigenvalue weighted by Crippen LogP contribution is -2.27. The molecule has 0 unspecified atom stereocenters. The number of rotatable bonds is 6. The van der Waals surface area contributed by atoms with Crippen LogP contribution in [0.1, 0.15) is 94.2 Å². The first kappa shape index (κ1) is 41.1. The molecule has 0 aliphatic heterocycles. The number of hydrogen-bond acceptors (Lipinski definition) is 8. The largest absolute Gasteiger partial charge is 0.289 e. The predicted molar refractivity (Wildman–Crippen MR) is 213 cm³/mol. The van der Waals surface area contributed by atoms with Crippen molar-refractivity contribution < 1.29 is 18.0 Å². The van der Waals surface area contributed by atoms with Crippen LogP contribution < -0.4 is 0 Å². The van der Waals surface area contributed by atoms with Crippen molar-refractivity contribution in [1.82, 2.24) is 0 Å². The molecule has 0 radical (unpaired) electrons. The number of sulfone groups is 1. The van der Waals surface area contributed by atoms with Crippen LogP contribution in [0.5, 0.6) is 0 Å². The van der Waals surface area contributed by atoms with Crippen molar-refractivity contribution in [1.29, 1.82) is 0 Å². The molecular formula is C44H54N4O4S. The lowest BCUT2D eigenvalue weighted by atomic mass is 9.72. The van der Waals surface area contributed by atoms with E-state index in [0.29, 0.717) is 22.5 Å². The standard InChI is InChI=1S/C44H54N4O4S/c1-27-19-31(47-45-25-29-21-33(41(3,4)5)39(49)34(22-29)42(6,7)8)15-17-37(27)53(51,52)38-18-16-32(20-28(38)2)48-46-26-30-23-35(43(9,10)11)40(50)36(24-30)44(12,13)14/h15-26H,1-14H3. The zero-order chi connectivity index (χ0) is 39.9. The molecule has 0 atom stereocenters. The van der Waals surface area contributed by atoms with E-state index < -0.39 is 9.84 Å². The van der Waals surface area contributed by atoms with Gasteiger partial charge in [0.1, 0.15) is 0 Å². The summed E-state index contributed by atoms with van der Waals surface area (Å²) in [7, 11) is -3.86. The van der Waals surface area contributed by atoms with Gasteiger partial charge in [-0.05, 0) is 118 Å². The number of aryl methyl sites for hydroxylation is 2. The van der Waals surface area contributed by atoms with Crippen LogP contribution in [0, 0.1) is 35.5 Å². The first-order valence-corrected chi connectivity index (χ1v) is 19.4. The fourth-order valence-electron chi connectivity index (χ4n) is 6.12. The quantitative estimate of drug-likeness (QED) is 0.274. The summed E-state index contributed by atoms with van der Waals surface area (Å²) in [5.41, 5.74) is 5.17. The SMILES string of the molecule is Cc1cc(N=NC=C2C=C(C(C)(C)C)C(=O)C(C(C)(C)C)=C2)ccc1S(=O)(=O)c1ccc(N=NC=C2C=C(C(C)(C)C)C(=O)C(C(C)(C)C)=C2)cc1C. The fraction of sp³-hybridized carbons (Fsp3) is 0.409. The van der Waals surface area contributed by atoms with Crippen LogP contribution in [0.15, 0.2) is 137 Å². The summed E-state index contributed by atoms with van der Waals surface area (Å²) >= 11 is 0. The van der Waals surface area contributed by atoms with Crippen molar-refractivity contribution >= 4 is 32.8 Å². The van der Waals surface area contributed by atoms with Crippen LogP contribution in [-0.2, 0) is 19.4 Å². The molecule has 2 aliphatic rings. The van der Waals surface area contributed by atoms with Gasteiger partial charge in [-0.15, -0.1) is 0 Å². The molecule has 0 fully saturated rings. The molecular weight excluding hydrogens is 681 g/mol. The zero-order valence-corrected chi connectivity index (χ0v) is 34.6. The molecule has 8 nitrogen and oxygen atoms in total. The van der Waals surface area contributed by atoms with Gasteiger partial charge in [-0.1, -0.05) is 83.1 Å². The van der Waals surface area contributed by atoms with Crippen molar-refractivity contribution in [3.8, 4) is 0 Å². The Morgan fingerprint density at radius 3 is 1.02 bits per heavy atom. The molecule has 0 saturated carbocycles. The summed E-state index contributed by atoms with van der Waals surface area (Å²) in [6.45, 7) is 27.7. The topological polar surface area (TPSA) is 118 Å². The predicted octanol–water partition coefficient (Wildman–Crippen LogP) is 12.1. The molecule has 0 aromatic heterocycles. The number of carbonyl (C=O) groups is 2.